The molecule has 1 aromatic rings. The van der Waals surface area contributed by atoms with Crippen LogP contribution in [-0.2, 0) is 0 Å². The summed E-state index contributed by atoms with van der Waals surface area (Å²) >= 11 is 5.89. The second-order valence-corrected chi connectivity index (χ2v) is 2.82. The number of benzene rings is 1. The summed E-state index contributed by atoms with van der Waals surface area (Å²) in [6.07, 6.45) is 1.77. The Kier molecular flexibility index (Phi) is 3.00. The van der Waals surface area contributed by atoms with Crippen molar-refractivity contribution in [3.63, 3.8) is 0 Å². The molecule has 1 rings (SSSR count). The molecule has 1 aromatic carbocycles. The maximum absolute atomic E-state index is 5.89. The molecule has 2 nitrogen and oxygen atoms in total. The predicted octanol–water partition coefficient (Wildman–Crippen LogP) is 2.52. The van der Waals surface area contributed by atoms with Crippen molar-refractivity contribution in [1.29, 1.82) is 0 Å². The highest BCUT2D eigenvalue weighted by Crippen LogP contribution is 2.23. The number of hydrogen-bond acceptors (Lipinski definition) is 2. The van der Waals surface area contributed by atoms with Crippen LogP contribution in [0.3, 0.4) is 0 Å². The molecule has 0 saturated carbocycles. The number of anilines is 2. The fraction of sp³-hybridized carbons (Fsp3) is 0.111. The number of nitrogens with two attached hydrogens (primary N) is 1. The smallest absolute Gasteiger partial charge is 0.0658 e. The fourth-order valence-electron chi connectivity index (χ4n) is 0.857. The summed E-state index contributed by atoms with van der Waals surface area (Å²) in [4.78, 5) is 0. The van der Waals surface area contributed by atoms with Crippen LogP contribution in [0.15, 0.2) is 30.9 Å². The van der Waals surface area contributed by atoms with Gasteiger partial charge in [-0.15, -0.1) is 6.58 Å². The summed E-state index contributed by atoms with van der Waals surface area (Å²) in [5.41, 5.74) is 7.07. The molecule has 0 amide bonds. The first-order valence-corrected chi connectivity index (χ1v) is 4.01. The van der Waals surface area contributed by atoms with Crippen LogP contribution in [0.4, 0.5) is 11.4 Å². The van der Waals surface area contributed by atoms with E-state index in [0.717, 1.165) is 5.69 Å². The van der Waals surface area contributed by atoms with Crippen molar-refractivity contribution in [2.24, 2.45) is 0 Å². The largest absolute Gasteiger partial charge is 0.399 e. The van der Waals surface area contributed by atoms with Crippen LogP contribution in [-0.4, -0.2) is 6.54 Å². The first-order valence-electron chi connectivity index (χ1n) is 3.64. The summed E-state index contributed by atoms with van der Waals surface area (Å²) in [5, 5.41) is 3.72. The van der Waals surface area contributed by atoms with Crippen molar-refractivity contribution in [3.05, 3.63) is 35.9 Å². The van der Waals surface area contributed by atoms with Gasteiger partial charge in [-0.2, -0.15) is 0 Å². The molecule has 0 saturated heterocycles. The summed E-state index contributed by atoms with van der Waals surface area (Å²) in [6.45, 7) is 4.29. The van der Waals surface area contributed by atoms with E-state index in [1.165, 1.54) is 0 Å². The number of hydrogen-bond donors (Lipinski definition) is 2. The van der Waals surface area contributed by atoms with Crippen molar-refractivity contribution >= 4 is 23.0 Å². The Morgan fingerprint density at radius 1 is 1.58 bits per heavy atom. The van der Waals surface area contributed by atoms with E-state index in [4.69, 9.17) is 17.3 Å². The first kappa shape index (κ1) is 8.94. The topological polar surface area (TPSA) is 38.0 Å². The highest BCUT2D eigenvalue weighted by Gasteiger charge is 1.97. The van der Waals surface area contributed by atoms with Crippen LogP contribution in [0.25, 0.3) is 0 Å². The normalized spacial score (nSPS) is 9.42. The van der Waals surface area contributed by atoms with Gasteiger partial charge in [-0.1, -0.05) is 17.7 Å². The van der Waals surface area contributed by atoms with Crippen molar-refractivity contribution in [3.8, 4) is 0 Å². The molecular formula is C9H11ClN2. The molecule has 3 heteroatoms. The van der Waals surface area contributed by atoms with Gasteiger partial charge in [0.1, 0.15) is 0 Å². The average Bonchev–Trinajstić information content (AvgIpc) is 2.03. The minimum atomic E-state index is 0.636. The number of nitrogens with one attached hydrogen (secondary N) is 1. The lowest BCUT2D eigenvalue weighted by Crippen LogP contribution is -1.98. The molecule has 0 aromatic heterocycles. The molecule has 0 spiro atoms. The van der Waals surface area contributed by atoms with E-state index in [1.54, 1.807) is 18.2 Å². The van der Waals surface area contributed by atoms with Gasteiger partial charge in [0.05, 0.1) is 10.7 Å². The SMILES string of the molecule is C=CCNc1ccc(N)cc1Cl. The molecule has 0 bridgehead atoms. The number of nitrogen functional groups attached to an aromatic ring is 1. The highest BCUT2D eigenvalue weighted by atomic mass is 35.5. The first-order chi connectivity index (χ1) is 5.74. The third kappa shape index (κ3) is 2.17. The van der Waals surface area contributed by atoms with Gasteiger partial charge in [-0.05, 0) is 18.2 Å². The minimum absolute atomic E-state index is 0.636. The molecule has 0 aliphatic carbocycles. The minimum Gasteiger partial charge on any atom is -0.399 e. The third-order valence-corrected chi connectivity index (χ3v) is 1.74. The standard InChI is InChI=1S/C9H11ClN2/c1-2-5-12-9-4-3-7(11)6-8(9)10/h2-4,6,12H,1,5,11H2. The molecule has 0 fully saturated rings. The average molecular weight is 183 g/mol. The van der Waals surface area contributed by atoms with Crippen LogP contribution >= 0.6 is 11.6 Å². The van der Waals surface area contributed by atoms with Crippen LogP contribution in [0.1, 0.15) is 0 Å². The predicted molar refractivity (Wildman–Crippen MR) is 54.6 cm³/mol. The quantitative estimate of drug-likeness (QED) is 0.557. The summed E-state index contributed by atoms with van der Waals surface area (Å²) in [7, 11) is 0. The Morgan fingerprint density at radius 3 is 2.92 bits per heavy atom. The van der Waals surface area contributed by atoms with E-state index in [-0.39, 0.29) is 0 Å². The molecule has 0 aliphatic heterocycles. The Morgan fingerprint density at radius 2 is 2.33 bits per heavy atom. The van der Waals surface area contributed by atoms with E-state index in [0.29, 0.717) is 17.3 Å². The second-order valence-electron chi connectivity index (χ2n) is 2.41. The molecule has 0 aliphatic rings. The lowest BCUT2D eigenvalue weighted by Gasteiger charge is -2.05. The van der Waals surface area contributed by atoms with Crippen molar-refractivity contribution in [1.82, 2.24) is 0 Å². The number of halogens is 1. The molecule has 0 heterocycles. The van der Waals surface area contributed by atoms with Crippen molar-refractivity contribution in [2.75, 3.05) is 17.6 Å². The van der Waals surface area contributed by atoms with Crippen molar-refractivity contribution in [2.45, 2.75) is 0 Å². The van der Waals surface area contributed by atoms with Gasteiger partial charge in [-0.25, -0.2) is 0 Å². The maximum atomic E-state index is 5.89. The van der Waals surface area contributed by atoms with Crippen LogP contribution in [0.2, 0.25) is 5.02 Å². The highest BCUT2D eigenvalue weighted by molar-refractivity contribution is 6.33. The van der Waals surface area contributed by atoms with Gasteiger partial charge in [0.15, 0.2) is 0 Å². The fourth-order valence-corrected chi connectivity index (χ4v) is 1.11. The maximum Gasteiger partial charge on any atom is 0.0658 e. The summed E-state index contributed by atoms with van der Waals surface area (Å²) in [5.74, 6) is 0. The molecule has 0 atom stereocenters. The Labute approximate surface area is 77.0 Å². The summed E-state index contributed by atoms with van der Waals surface area (Å²) < 4.78 is 0. The van der Waals surface area contributed by atoms with Gasteiger partial charge in [-0.3, -0.25) is 0 Å². The van der Waals surface area contributed by atoms with E-state index < -0.39 is 0 Å². The lowest BCUT2D eigenvalue weighted by molar-refractivity contribution is 1.34. The molecular weight excluding hydrogens is 172 g/mol. The number of rotatable bonds is 3. The van der Waals surface area contributed by atoms with Gasteiger partial charge < -0.3 is 11.1 Å². The molecule has 3 N–H and O–H groups in total. The lowest BCUT2D eigenvalue weighted by atomic mass is 10.3. The molecule has 12 heavy (non-hydrogen) atoms. The van der Waals surface area contributed by atoms with E-state index in [9.17, 15) is 0 Å². The molecule has 0 radical (unpaired) electrons. The van der Waals surface area contributed by atoms with Crippen LogP contribution in [0.5, 0.6) is 0 Å². The van der Waals surface area contributed by atoms with Crippen LogP contribution < -0.4 is 11.1 Å². The van der Waals surface area contributed by atoms with Gasteiger partial charge >= 0.3 is 0 Å². The van der Waals surface area contributed by atoms with E-state index in [1.807, 2.05) is 6.07 Å². The molecule has 0 unspecified atom stereocenters. The zero-order valence-electron chi connectivity index (χ0n) is 6.68. The third-order valence-electron chi connectivity index (χ3n) is 1.43. The zero-order chi connectivity index (χ0) is 8.97. The summed E-state index contributed by atoms with van der Waals surface area (Å²) in [6, 6.07) is 5.37. The van der Waals surface area contributed by atoms with Gasteiger partial charge in [0, 0.05) is 12.2 Å². The van der Waals surface area contributed by atoms with Gasteiger partial charge in [0.25, 0.3) is 0 Å². The van der Waals surface area contributed by atoms with E-state index >= 15 is 0 Å². The molecule has 64 valence electrons. The second kappa shape index (κ2) is 4.02. The van der Waals surface area contributed by atoms with Crippen molar-refractivity contribution < 1.29 is 0 Å². The monoisotopic (exact) mass is 182 g/mol. The zero-order valence-corrected chi connectivity index (χ0v) is 7.43. The Balaban J connectivity index is 2.78. The Bertz CT molecular complexity index is 284. The Hall–Kier alpha value is -1.15. The van der Waals surface area contributed by atoms with Crippen LogP contribution in [0, 0.1) is 0 Å². The van der Waals surface area contributed by atoms with Gasteiger partial charge in [0.2, 0.25) is 0 Å². The van der Waals surface area contributed by atoms with E-state index in [2.05, 4.69) is 11.9 Å².